The van der Waals surface area contributed by atoms with E-state index in [4.69, 9.17) is 9.47 Å². The van der Waals surface area contributed by atoms with Crippen molar-refractivity contribution in [3.8, 4) is 5.75 Å². The van der Waals surface area contributed by atoms with E-state index in [-0.39, 0.29) is 11.8 Å². The highest BCUT2D eigenvalue weighted by Crippen LogP contribution is 2.27. The molecule has 0 bridgehead atoms. The number of benzene rings is 1. The molecule has 2 aliphatic rings. The van der Waals surface area contributed by atoms with Crippen molar-refractivity contribution in [3.05, 3.63) is 29.8 Å². The normalized spacial score (nSPS) is 17.8. The van der Waals surface area contributed by atoms with Crippen LogP contribution < -0.4 is 4.74 Å². The first-order valence-corrected chi connectivity index (χ1v) is 11.6. The van der Waals surface area contributed by atoms with Gasteiger partial charge >= 0.3 is 0 Å². The quantitative estimate of drug-likeness (QED) is 0.576. The lowest BCUT2D eigenvalue weighted by Crippen LogP contribution is -2.50. The molecule has 2 amide bonds. The van der Waals surface area contributed by atoms with Gasteiger partial charge in [-0.3, -0.25) is 9.59 Å². The molecule has 1 aromatic rings. The maximum Gasteiger partial charge on any atom is 0.257 e. The average Bonchev–Trinajstić information content (AvgIpc) is 2.81. The smallest absolute Gasteiger partial charge is 0.257 e. The first-order chi connectivity index (χ1) is 14.7. The highest BCUT2D eigenvalue weighted by molar-refractivity contribution is 5.97. The van der Waals surface area contributed by atoms with E-state index in [1.165, 1.54) is 32.1 Å². The number of carbonyl (C=O) groups is 2. The molecule has 2 fully saturated rings. The van der Waals surface area contributed by atoms with E-state index in [9.17, 15) is 9.59 Å². The monoisotopic (exact) mass is 416 g/mol. The van der Waals surface area contributed by atoms with Crippen LogP contribution in [0.1, 0.15) is 62.2 Å². The lowest BCUT2D eigenvalue weighted by atomic mass is 9.86. The van der Waals surface area contributed by atoms with Gasteiger partial charge in [-0.25, -0.2) is 0 Å². The topological polar surface area (TPSA) is 59.1 Å². The molecular weight excluding hydrogens is 380 g/mol. The number of para-hydroxylation sites is 1. The second kappa shape index (κ2) is 11.9. The van der Waals surface area contributed by atoms with Crippen LogP contribution in [0.25, 0.3) is 0 Å². The first kappa shape index (κ1) is 22.6. The number of carbonyl (C=O) groups excluding carboxylic acids is 2. The summed E-state index contributed by atoms with van der Waals surface area (Å²) in [4.78, 5) is 29.4. The van der Waals surface area contributed by atoms with Crippen LogP contribution in [-0.2, 0) is 9.53 Å². The van der Waals surface area contributed by atoms with Crippen molar-refractivity contribution in [2.45, 2.75) is 51.9 Å². The van der Waals surface area contributed by atoms with Gasteiger partial charge in [0.25, 0.3) is 5.91 Å². The molecule has 0 atom stereocenters. The zero-order chi connectivity index (χ0) is 21.2. The summed E-state index contributed by atoms with van der Waals surface area (Å²) in [7, 11) is 0. The van der Waals surface area contributed by atoms with Gasteiger partial charge in [0.05, 0.1) is 12.2 Å². The van der Waals surface area contributed by atoms with Crippen molar-refractivity contribution in [1.29, 1.82) is 0 Å². The molecule has 6 nitrogen and oxygen atoms in total. The fourth-order valence-corrected chi connectivity index (χ4v) is 4.41. The summed E-state index contributed by atoms with van der Waals surface area (Å²) in [6, 6.07) is 7.35. The molecule has 1 aromatic carbocycles. The number of hydrogen-bond donors (Lipinski definition) is 0. The zero-order valence-electron chi connectivity index (χ0n) is 18.3. The number of piperazine rings is 1. The van der Waals surface area contributed by atoms with Crippen molar-refractivity contribution in [2.24, 2.45) is 5.92 Å². The van der Waals surface area contributed by atoms with Crippen molar-refractivity contribution < 1.29 is 19.1 Å². The van der Waals surface area contributed by atoms with E-state index in [1.54, 1.807) is 6.07 Å². The number of hydrogen-bond acceptors (Lipinski definition) is 4. The Morgan fingerprint density at radius 3 is 2.40 bits per heavy atom. The molecular formula is C24H36N2O4. The summed E-state index contributed by atoms with van der Waals surface area (Å²) >= 11 is 0. The molecule has 0 spiro atoms. The van der Waals surface area contributed by atoms with E-state index in [1.807, 2.05) is 34.9 Å². The molecule has 0 radical (unpaired) electrons. The Bertz CT molecular complexity index is 680. The zero-order valence-corrected chi connectivity index (χ0v) is 18.3. The van der Waals surface area contributed by atoms with Gasteiger partial charge in [0.2, 0.25) is 5.91 Å². The van der Waals surface area contributed by atoms with Crippen molar-refractivity contribution in [1.82, 2.24) is 9.80 Å². The average molecular weight is 417 g/mol. The summed E-state index contributed by atoms with van der Waals surface area (Å²) in [5.74, 6) is 1.53. The molecule has 1 saturated carbocycles. The fourth-order valence-electron chi connectivity index (χ4n) is 4.41. The first-order valence-electron chi connectivity index (χ1n) is 11.6. The Morgan fingerprint density at radius 1 is 0.967 bits per heavy atom. The van der Waals surface area contributed by atoms with E-state index in [0.717, 1.165) is 12.3 Å². The Hall–Kier alpha value is -2.08. The standard InChI is InChI=1S/C24H36N2O4/c1-2-29-18-19-30-22-11-7-6-10-21(22)24(28)26-16-14-25(15-17-26)23(27)13-12-20-8-4-3-5-9-20/h6-7,10-11,20H,2-5,8-9,12-19H2,1H3. The molecule has 6 heteroatoms. The van der Waals surface area contributed by atoms with Crippen molar-refractivity contribution in [3.63, 3.8) is 0 Å². The van der Waals surface area contributed by atoms with Gasteiger partial charge in [-0.05, 0) is 31.4 Å². The van der Waals surface area contributed by atoms with E-state index < -0.39 is 0 Å². The van der Waals surface area contributed by atoms with Crippen LogP contribution in [0, 0.1) is 5.92 Å². The fraction of sp³-hybridized carbons (Fsp3) is 0.667. The Labute approximate surface area is 180 Å². The highest BCUT2D eigenvalue weighted by atomic mass is 16.5. The number of ether oxygens (including phenoxy) is 2. The number of nitrogens with zero attached hydrogens (tertiary/aromatic N) is 2. The molecule has 1 aliphatic carbocycles. The second-order valence-corrected chi connectivity index (χ2v) is 8.26. The Balaban J connectivity index is 1.46. The van der Waals surface area contributed by atoms with Crippen LogP contribution in [-0.4, -0.2) is 67.6 Å². The summed E-state index contributed by atoms with van der Waals surface area (Å²) in [5.41, 5.74) is 0.575. The van der Waals surface area contributed by atoms with E-state index in [0.29, 0.717) is 63.7 Å². The van der Waals surface area contributed by atoms with Crippen molar-refractivity contribution in [2.75, 3.05) is 46.0 Å². The van der Waals surface area contributed by atoms with Crippen LogP contribution in [0.3, 0.4) is 0 Å². The second-order valence-electron chi connectivity index (χ2n) is 8.26. The largest absolute Gasteiger partial charge is 0.490 e. The SMILES string of the molecule is CCOCCOc1ccccc1C(=O)N1CCN(C(=O)CCC2CCCCC2)CC1. The maximum atomic E-state index is 13.0. The summed E-state index contributed by atoms with van der Waals surface area (Å²) < 4.78 is 11.1. The molecule has 1 aliphatic heterocycles. The summed E-state index contributed by atoms with van der Waals surface area (Å²) in [6.45, 7) is 5.88. The Morgan fingerprint density at radius 2 is 1.67 bits per heavy atom. The van der Waals surface area contributed by atoms with E-state index in [2.05, 4.69) is 0 Å². The Kier molecular flexibility index (Phi) is 9.00. The van der Waals surface area contributed by atoms with Crippen LogP contribution in [0.4, 0.5) is 0 Å². The predicted molar refractivity (Wildman–Crippen MR) is 117 cm³/mol. The van der Waals surface area contributed by atoms with E-state index >= 15 is 0 Å². The molecule has 166 valence electrons. The van der Waals surface area contributed by atoms with Crippen molar-refractivity contribution >= 4 is 11.8 Å². The van der Waals surface area contributed by atoms with Crippen LogP contribution in [0.2, 0.25) is 0 Å². The lowest BCUT2D eigenvalue weighted by Gasteiger charge is -2.35. The predicted octanol–water partition coefficient (Wildman–Crippen LogP) is 3.75. The minimum Gasteiger partial charge on any atom is -0.490 e. The third-order valence-corrected chi connectivity index (χ3v) is 6.22. The molecule has 0 N–H and O–H groups in total. The maximum absolute atomic E-state index is 13.0. The molecule has 1 saturated heterocycles. The van der Waals surface area contributed by atoms with Crippen LogP contribution in [0.5, 0.6) is 5.75 Å². The van der Waals surface area contributed by atoms with Gasteiger partial charge in [-0.2, -0.15) is 0 Å². The molecule has 1 heterocycles. The molecule has 0 unspecified atom stereocenters. The molecule has 0 aromatic heterocycles. The minimum atomic E-state index is -0.0312. The van der Waals surface area contributed by atoms with Crippen LogP contribution >= 0.6 is 0 Å². The third kappa shape index (κ3) is 6.46. The third-order valence-electron chi connectivity index (χ3n) is 6.22. The summed E-state index contributed by atoms with van der Waals surface area (Å²) in [6.07, 6.45) is 8.21. The van der Waals surface area contributed by atoms with Gasteiger partial charge in [0.15, 0.2) is 0 Å². The minimum absolute atomic E-state index is 0.0312. The lowest BCUT2D eigenvalue weighted by molar-refractivity contribution is -0.133. The van der Waals surface area contributed by atoms with Gasteiger partial charge < -0.3 is 19.3 Å². The van der Waals surface area contributed by atoms with Gasteiger partial charge in [0, 0.05) is 39.2 Å². The molecule has 3 rings (SSSR count). The van der Waals surface area contributed by atoms with Gasteiger partial charge in [-0.15, -0.1) is 0 Å². The highest BCUT2D eigenvalue weighted by Gasteiger charge is 2.26. The summed E-state index contributed by atoms with van der Waals surface area (Å²) in [5, 5.41) is 0. The van der Waals surface area contributed by atoms with Gasteiger partial charge in [-0.1, -0.05) is 44.2 Å². The van der Waals surface area contributed by atoms with Gasteiger partial charge in [0.1, 0.15) is 12.4 Å². The molecule has 30 heavy (non-hydrogen) atoms. The number of rotatable bonds is 9. The number of amides is 2. The van der Waals surface area contributed by atoms with Crippen LogP contribution in [0.15, 0.2) is 24.3 Å².